The van der Waals surface area contributed by atoms with Crippen LogP contribution in [0, 0.1) is 0 Å². The quantitative estimate of drug-likeness (QED) is 0.688. The molecule has 0 aliphatic carbocycles. The molecule has 0 aromatic carbocycles. The fraction of sp³-hybridized carbons (Fsp3) is 0.545. The zero-order valence-corrected chi connectivity index (χ0v) is 9.56. The van der Waals surface area contributed by atoms with E-state index in [1.54, 1.807) is 16.6 Å². The van der Waals surface area contributed by atoms with Crippen LogP contribution >= 0.6 is 0 Å². The molecule has 1 amide bonds. The van der Waals surface area contributed by atoms with Crippen molar-refractivity contribution in [2.24, 2.45) is 0 Å². The lowest BCUT2D eigenvalue weighted by molar-refractivity contribution is -0.107. The van der Waals surface area contributed by atoms with E-state index in [9.17, 15) is 9.59 Å². The van der Waals surface area contributed by atoms with E-state index in [0.717, 1.165) is 24.0 Å². The molecule has 5 nitrogen and oxygen atoms in total. The normalized spacial score (nSPS) is 15.1. The first kappa shape index (κ1) is 10.9. The second-order valence-corrected chi connectivity index (χ2v) is 3.94. The Hall–Kier alpha value is -1.65. The highest BCUT2D eigenvalue weighted by molar-refractivity contribution is 5.95. The van der Waals surface area contributed by atoms with Crippen LogP contribution in [0.5, 0.6) is 0 Å². The first-order valence-corrected chi connectivity index (χ1v) is 5.46. The van der Waals surface area contributed by atoms with Gasteiger partial charge < -0.3 is 9.69 Å². The van der Waals surface area contributed by atoms with Crippen LogP contribution < -0.4 is 0 Å². The third-order valence-electron chi connectivity index (χ3n) is 2.99. The van der Waals surface area contributed by atoms with Gasteiger partial charge in [-0.2, -0.15) is 5.10 Å². The van der Waals surface area contributed by atoms with Crippen molar-refractivity contribution in [1.82, 2.24) is 14.7 Å². The Morgan fingerprint density at radius 1 is 1.50 bits per heavy atom. The molecule has 2 rings (SSSR count). The molecule has 0 spiro atoms. The Balaban J connectivity index is 2.50. The lowest BCUT2D eigenvalue weighted by Crippen LogP contribution is -2.34. The van der Waals surface area contributed by atoms with Crippen molar-refractivity contribution in [2.75, 3.05) is 13.6 Å². The van der Waals surface area contributed by atoms with Crippen LogP contribution in [-0.2, 0) is 24.2 Å². The molecule has 1 aliphatic heterocycles. The fourth-order valence-corrected chi connectivity index (χ4v) is 2.10. The number of aldehydes is 1. The van der Waals surface area contributed by atoms with E-state index in [-0.39, 0.29) is 5.91 Å². The van der Waals surface area contributed by atoms with Gasteiger partial charge in [0.2, 0.25) is 0 Å². The van der Waals surface area contributed by atoms with E-state index >= 15 is 0 Å². The summed E-state index contributed by atoms with van der Waals surface area (Å²) in [4.78, 5) is 24.2. The van der Waals surface area contributed by atoms with Crippen LogP contribution in [0.25, 0.3) is 0 Å². The number of nitrogens with zero attached hydrogens (tertiary/aromatic N) is 3. The van der Waals surface area contributed by atoms with E-state index in [1.165, 1.54) is 0 Å². The molecule has 0 N–H and O–H groups in total. The molecule has 0 saturated carbocycles. The zero-order chi connectivity index (χ0) is 11.7. The van der Waals surface area contributed by atoms with Gasteiger partial charge in [0.1, 0.15) is 6.29 Å². The number of aromatic nitrogens is 2. The fourth-order valence-electron chi connectivity index (χ4n) is 2.10. The molecule has 1 aromatic heterocycles. The Labute approximate surface area is 94.0 Å². The topological polar surface area (TPSA) is 55.2 Å². The molecule has 0 unspecified atom stereocenters. The second-order valence-electron chi connectivity index (χ2n) is 3.94. The number of hydrogen-bond donors (Lipinski definition) is 0. The maximum absolute atomic E-state index is 11.9. The molecule has 16 heavy (non-hydrogen) atoms. The summed E-state index contributed by atoms with van der Waals surface area (Å²) in [5.41, 5.74) is 2.37. The van der Waals surface area contributed by atoms with Crippen molar-refractivity contribution < 1.29 is 9.59 Å². The number of amides is 1. The van der Waals surface area contributed by atoms with Crippen LogP contribution in [0.3, 0.4) is 0 Å². The molecule has 1 aliphatic rings. The predicted octanol–water partition coefficient (Wildman–Crippen LogP) is 0.273. The maximum atomic E-state index is 11.9. The summed E-state index contributed by atoms with van der Waals surface area (Å²) in [7, 11) is 1.77. The number of hydrogen-bond acceptors (Lipinski definition) is 3. The average molecular weight is 221 g/mol. The van der Waals surface area contributed by atoms with E-state index in [0.29, 0.717) is 25.2 Å². The molecule has 0 atom stereocenters. The van der Waals surface area contributed by atoms with Gasteiger partial charge in [-0.3, -0.25) is 9.48 Å². The third-order valence-corrected chi connectivity index (χ3v) is 2.99. The number of aryl methyl sites for hydroxylation is 1. The molecule has 86 valence electrons. The molecule has 0 bridgehead atoms. The summed E-state index contributed by atoms with van der Waals surface area (Å²) in [6.07, 6.45) is 2.00. The van der Waals surface area contributed by atoms with Crippen LogP contribution in [0.15, 0.2) is 0 Å². The van der Waals surface area contributed by atoms with Gasteiger partial charge in [0.15, 0.2) is 5.69 Å². The average Bonchev–Trinajstić information content (AvgIpc) is 2.63. The van der Waals surface area contributed by atoms with Crippen LogP contribution in [-0.4, -0.2) is 40.5 Å². The molecule has 0 radical (unpaired) electrons. The van der Waals surface area contributed by atoms with Gasteiger partial charge >= 0.3 is 0 Å². The van der Waals surface area contributed by atoms with E-state index in [2.05, 4.69) is 5.10 Å². The highest BCUT2D eigenvalue weighted by Crippen LogP contribution is 2.21. The van der Waals surface area contributed by atoms with Crippen molar-refractivity contribution in [3.63, 3.8) is 0 Å². The van der Waals surface area contributed by atoms with Gasteiger partial charge in [0.25, 0.3) is 5.91 Å². The summed E-state index contributed by atoms with van der Waals surface area (Å²) in [6.45, 7) is 3.35. The van der Waals surface area contributed by atoms with Gasteiger partial charge in [0.05, 0.1) is 0 Å². The maximum Gasteiger partial charge on any atom is 0.274 e. The SMILES string of the molecule is CCn1nc2c(c1CC=O)CCN(C)C2=O. The largest absolute Gasteiger partial charge is 0.340 e. The highest BCUT2D eigenvalue weighted by atomic mass is 16.2. The van der Waals surface area contributed by atoms with Gasteiger partial charge in [-0.15, -0.1) is 0 Å². The third kappa shape index (κ3) is 1.52. The standard InChI is InChI=1S/C11H15N3O2/c1-3-14-9(5-7-15)8-4-6-13(2)11(16)10(8)12-14/h7H,3-6H2,1-2H3. The van der Waals surface area contributed by atoms with Crippen molar-refractivity contribution in [3.8, 4) is 0 Å². The first-order chi connectivity index (χ1) is 7.69. The Morgan fingerprint density at radius 2 is 2.25 bits per heavy atom. The summed E-state index contributed by atoms with van der Waals surface area (Å²) in [6, 6.07) is 0. The summed E-state index contributed by atoms with van der Waals surface area (Å²) in [5.74, 6) is -0.0411. The summed E-state index contributed by atoms with van der Waals surface area (Å²) >= 11 is 0. The highest BCUT2D eigenvalue weighted by Gasteiger charge is 2.28. The van der Waals surface area contributed by atoms with Crippen molar-refractivity contribution in [1.29, 1.82) is 0 Å². The Morgan fingerprint density at radius 3 is 2.88 bits per heavy atom. The minimum Gasteiger partial charge on any atom is -0.340 e. The van der Waals surface area contributed by atoms with E-state index in [4.69, 9.17) is 0 Å². The number of rotatable bonds is 3. The predicted molar refractivity (Wildman–Crippen MR) is 58.3 cm³/mol. The molecule has 2 heterocycles. The van der Waals surface area contributed by atoms with Crippen molar-refractivity contribution in [2.45, 2.75) is 26.3 Å². The zero-order valence-electron chi connectivity index (χ0n) is 9.56. The van der Waals surface area contributed by atoms with Crippen molar-refractivity contribution in [3.05, 3.63) is 17.0 Å². The monoisotopic (exact) mass is 221 g/mol. The van der Waals surface area contributed by atoms with E-state index in [1.807, 2.05) is 6.92 Å². The van der Waals surface area contributed by atoms with Gasteiger partial charge in [0, 0.05) is 37.8 Å². The van der Waals surface area contributed by atoms with Gasteiger partial charge in [-0.05, 0) is 13.3 Å². The van der Waals surface area contributed by atoms with Gasteiger partial charge in [-0.25, -0.2) is 0 Å². The second kappa shape index (κ2) is 4.08. The minimum atomic E-state index is -0.0411. The molecular weight excluding hydrogens is 206 g/mol. The molecular formula is C11H15N3O2. The van der Waals surface area contributed by atoms with Gasteiger partial charge in [-0.1, -0.05) is 0 Å². The molecule has 5 heteroatoms. The molecule has 1 aromatic rings. The number of fused-ring (bicyclic) bond motifs is 1. The lowest BCUT2D eigenvalue weighted by Gasteiger charge is -2.21. The number of likely N-dealkylation sites (N-methyl/N-ethyl adjacent to an activating group) is 1. The first-order valence-electron chi connectivity index (χ1n) is 5.46. The lowest BCUT2D eigenvalue weighted by atomic mass is 10.0. The summed E-state index contributed by atoms with van der Waals surface area (Å²) < 4.78 is 1.76. The number of carbonyl (C=O) groups excluding carboxylic acids is 2. The molecule has 0 saturated heterocycles. The Kier molecular flexibility index (Phi) is 2.77. The van der Waals surface area contributed by atoms with E-state index < -0.39 is 0 Å². The van der Waals surface area contributed by atoms with Crippen molar-refractivity contribution >= 4 is 12.2 Å². The van der Waals surface area contributed by atoms with Crippen LogP contribution in [0.4, 0.5) is 0 Å². The number of carbonyl (C=O) groups is 2. The van der Waals surface area contributed by atoms with Crippen LogP contribution in [0.1, 0.15) is 28.7 Å². The minimum absolute atomic E-state index is 0.0411. The van der Waals surface area contributed by atoms with Crippen LogP contribution in [0.2, 0.25) is 0 Å². The molecule has 0 fully saturated rings. The Bertz CT molecular complexity index is 437. The smallest absolute Gasteiger partial charge is 0.274 e. The summed E-state index contributed by atoms with van der Waals surface area (Å²) in [5, 5.41) is 4.29.